The van der Waals surface area contributed by atoms with Crippen molar-refractivity contribution >= 4 is 23.5 Å². The molecule has 0 aliphatic heterocycles. The van der Waals surface area contributed by atoms with E-state index in [0.29, 0.717) is 27.6 Å². The Morgan fingerprint density at radius 1 is 1.08 bits per heavy atom. The van der Waals surface area contributed by atoms with Crippen LogP contribution in [0, 0.1) is 0 Å². The van der Waals surface area contributed by atoms with Gasteiger partial charge in [0.15, 0.2) is 5.76 Å². The Labute approximate surface area is 154 Å². The fourth-order valence-corrected chi connectivity index (χ4v) is 2.42. The number of esters is 1. The third-order valence-corrected chi connectivity index (χ3v) is 3.94. The number of aromatic nitrogens is 1. The third kappa shape index (κ3) is 4.10. The smallest absolute Gasteiger partial charge is 0.337 e. The highest BCUT2D eigenvalue weighted by atomic mass is 35.5. The van der Waals surface area contributed by atoms with E-state index in [2.05, 4.69) is 15.2 Å². The maximum absolute atomic E-state index is 12.2. The van der Waals surface area contributed by atoms with Crippen LogP contribution in [-0.4, -0.2) is 24.1 Å². The molecule has 0 radical (unpaired) electrons. The van der Waals surface area contributed by atoms with Gasteiger partial charge in [0, 0.05) is 22.2 Å². The summed E-state index contributed by atoms with van der Waals surface area (Å²) in [6, 6.07) is 15.1. The molecule has 1 amide bonds. The van der Waals surface area contributed by atoms with Crippen molar-refractivity contribution in [1.82, 2.24) is 10.5 Å². The Morgan fingerprint density at radius 2 is 1.73 bits per heavy atom. The van der Waals surface area contributed by atoms with E-state index in [9.17, 15) is 9.59 Å². The fourth-order valence-electron chi connectivity index (χ4n) is 2.29. The molecule has 3 aromatic rings. The minimum atomic E-state index is -0.450. The summed E-state index contributed by atoms with van der Waals surface area (Å²) >= 11 is 5.86. The highest BCUT2D eigenvalue weighted by Gasteiger charge is 2.11. The number of amides is 1. The lowest BCUT2D eigenvalue weighted by atomic mass is 10.1. The summed E-state index contributed by atoms with van der Waals surface area (Å²) in [6.45, 7) is 0.217. The van der Waals surface area contributed by atoms with Gasteiger partial charge in [-0.05, 0) is 48.5 Å². The summed E-state index contributed by atoms with van der Waals surface area (Å²) in [5, 5.41) is 7.34. The molecule has 1 N–H and O–H groups in total. The molecule has 0 saturated carbocycles. The molecule has 0 spiro atoms. The maximum atomic E-state index is 12.2. The second-order valence-corrected chi connectivity index (χ2v) is 5.88. The second-order valence-electron chi connectivity index (χ2n) is 5.44. The minimum absolute atomic E-state index is 0.217. The number of methoxy groups -OCH3 is 1. The van der Waals surface area contributed by atoms with Crippen molar-refractivity contribution in [3.8, 4) is 11.3 Å². The summed E-state index contributed by atoms with van der Waals surface area (Å²) in [5.41, 5.74) is 2.25. The van der Waals surface area contributed by atoms with Gasteiger partial charge in [-0.3, -0.25) is 4.79 Å². The predicted octanol–water partition coefficient (Wildman–Crippen LogP) is 3.71. The average molecular weight is 371 g/mol. The van der Waals surface area contributed by atoms with Gasteiger partial charge < -0.3 is 14.6 Å². The Kier molecular flexibility index (Phi) is 5.34. The summed E-state index contributed by atoms with van der Waals surface area (Å²) in [5.74, 6) is -0.139. The van der Waals surface area contributed by atoms with Crippen LogP contribution >= 0.6 is 11.6 Å². The van der Waals surface area contributed by atoms with Gasteiger partial charge in [-0.2, -0.15) is 0 Å². The van der Waals surface area contributed by atoms with Gasteiger partial charge in [0.05, 0.1) is 19.2 Å². The number of nitrogens with zero attached hydrogens (tertiary/aromatic N) is 1. The van der Waals surface area contributed by atoms with E-state index in [0.717, 1.165) is 5.56 Å². The zero-order chi connectivity index (χ0) is 18.5. The van der Waals surface area contributed by atoms with E-state index in [4.69, 9.17) is 16.1 Å². The van der Waals surface area contributed by atoms with Crippen LogP contribution in [0.5, 0.6) is 0 Å². The zero-order valence-corrected chi connectivity index (χ0v) is 14.6. The lowest BCUT2D eigenvalue weighted by Crippen LogP contribution is -2.23. The molecular weight excluding hydrogens is 356 g/mol. The Bertz CT molecular complexity index is 917. The molecule has 0 aliphatic rings. The number of ether oxygens (including phenoxy) is 1. The molecule has 1 heterocycles. The number of halogens is 1. The standard InChI is InChI=1S/C19H15ClN2O4/c1-25-19(24)14-4-2-13(3-5-14)18(23)21-11-16-10-17(26-22-16)12-6-8-15(20)9-7-12/h2-10H,11H2,1H3,(H,21,23). The normalized spacial score (nSPS) is 10.4. The van der Waals surface area contributed by atoms with Gasteiger partial charge >= 0.3 is 5.97 Å². The Hall–Kier alpha value is -3.12. The van der Waals surface area contributed by atoms with Crippen molar-refractivity contribution in [3.05, 3.63) is 76.4 Å². The largest absolute Gasteiger partial charge is 0.465 e. The van der Waals surface area contributed by atoms with Crippen LogP contribution in [0.2, 0.25) is 5.02 Å². The first-order valence-corrected chi connectivity index (χ1v) is 8.13. The van der Waals surface area contributed by atoms with Crippen molar-refractivity contribution < 1.29 is 18.8 Å². The number of carbonyl (C=O) groups is 2. The van der Waals surface area contributed by atoms with Crippen LogP contribution in [0.1, 0.15) is 26.4 Å². The van der Waals surface area contributed by atoms with Crippen LogP contribution in [0.3, 0.4) is 0 Å². The van der Waals surface area contributed by atoms with Crippen molar-refractivity contribution in [2.75, 3.05) is 7.11 Å². The van der Waals surface area contributed by atoms with Crippen LogP contribution in [0.25, 0.3) is 11.3 Å². The zero-order valence-electron chi connectivity index (χ0n) is 13.9. The summed E-state index contributed by atoms with van der Waals surface area (Å²) in [7, 11) is 1.30. The first-order chi connectivity index (χ1) is 12.6. The second kappa shape index (κ2) is 7.84. The highest BCUT2D eigenvalue weighted by Crippen LogP contribution is 2.22. The minimum Gasteiger partial charge on any atom is -0.465 e. The number of rotatable bonds is 5. The molecule has 0 aliphatic carbocycles. The van der Waals surface area contributed by atoms with Gasteiger partial charge in [-0.15, -0.1) is 0 Å². The molecule has 0 bridgehead atoms. The quantitative estimate of drug-likeness (QED) is 0.692. The predicted molar refractivity (Wildman–Crippen MR) is 95.9 cm³/mol. The van der Waals surface area contributed by atoms with Crippen molar-refractivity contribution in [1.29, 1.82) is 0 Å². The number of carbonyl (C=O) groups excluding carboxylic acids is 2. The molecule has 0 unspecified atom stereocenters. The Balaban J connectivity index is 1.61. The van der Waals surface area contributed by atoms with E-state index in [-0.39, 0.29) is 12.5 Å². The summed E-state index contributed by atoms with van der Waals surface area (Å²) in [6.07, 6.45) is 0. The molecule has 1 aromatic heterocycles. The fraction of sp³-hybridized carbons (Fsp3) is 0.105. The summed E-state index contributed by atoms with van der Waals surface area (Å²) in [4.78, 5) is 23.6. The molecule has 0 saturated heterocycles. The molecule has 6 nitrogen and oxygen atoms in total. The molecule has 3 rings (SSSR count). The first kappa shape index (κ1) is 17.7. The number of hydrogen-bond acceptors (Lipinski definition) is 5. The molecular formula is C19H15ClN2O4. The van der Waals surface area contributed by atoms with Crippen molar-refractivity contribution in [2.45, 2.75) is 6.54 Å². The van der Waals surface area contributed by atoms with Crippen LogP contribution in [-0.2, 0) is 11.3 Å². The topological polar surface area (TPSA) is 81.4 Å². The summed E-state index contributed by atoms with van der Waals surface area (Å²) < 4.78 is 9.91. The van der Waals surface area contributed by atoms with Crippen LogP contribution in [0.15, 0.2) is 59.1 Å². The molecule has 2 aromatic carbocycles. The lowest BCUT2D eigenvalue weighted by molar-refractivity contribution is 0.0600. The van der Waals surface area contributed by atoms with Gasteiger partial charge in [-0.25, -0.2) is 4.79 Å². The van der Waals surface area contributed by atoms with E-state index in [1.54, 1.807) is 30.3 Å². The highest BCUT2D eigenvalue weighted by molar-refractivity contribution is 6.30. The van der Waals surface area contributed by atoms with E-state index >= 15 is 0 Å². The maximum Gasteiger partial charge on any atom is 0.337 e. The van der Waals surface area contributed by atoms with E-state index < -0.39 is 5.97 Å². The lowest BCUT2D eigenvalue weighted by Gasteiger charge is -2.04. The van der Waals surface area contributed by atoms with E-state index in [1.807, 2.05) is 12.1 Å². The van der Waals surface area contributed by atoms with Crippen LogP contribution in [0.4, 0.5) is 0 Å². The molecule has 26 heavy (non-hydrogen) atoms. The van der Waals surface area contributed by atoms with E-state index in [1.165, 1.54) is 19.2 Å². The van der Waals surface area contributed by atoms with Crippen molar-refractivity contribution in [3.63, 3.8) is 0 Å². The van der Waals surface area contributed by atoms with Crippen molar-refractivity contribution in [2.24, 2.45) is 0 Å². The number of nitrogens with one attached hydrogen (secondary N) is 1. The van der Waals surface area contributed by atoms with Crippen LogP contribution < -0.4 is 5.32 Å². The Morgan fingerprint density at radius 3 is 2.38 bits per heavy atom. The van der Waals surface area contributed by atoms with Gasteiger partial charge in [-0.1, -0.05) is 16.8 Å². The van der Waals surface area contributed by atoms with Gasteiger partial charge in [0.25, 0.3) is 5.91 Å². The first-order valence-electron chi connectivity index (χ1n) is 7.75. The molecule has 0 atom stereocenters. The number of hydrogen-bond donors (Lipinski definition) is 1. The van der Waals surface area contributed by atoms with Gasteiger partial charge in [0.2, 0.25) is 0 Å². The average Bonchev–Trinajstić information content (AvgIpc) is 3.15. The van der Waals surface area contributed by atoms with Gasteiger partial charge in [0.1, 0.15) is 5.69 Å². The SMILES string of the molecule is COC(=O)c1ccc(C(=O)NCc2cc(-c3ccc(Cl)cc3)on2)cc1. The molecule has 7 heteroatoms. The molecule has 0 fully saturated rings. The number of benzene rings is 2. The monoisotopic (exact) mass is 370 g/mol. The molecule has 132 valence electrons. The third-order valence-electron chi connectivity index (χ3n) is 3.69.